The number of fused-ring (bicyclic) bond motifs is 6. The molecule has 3 aliphatic rings. The van der Waals surface area contributed by atoms with Crippen LogP contribution in [0.25, 0.3) is 27.6 Å². The summed E-state index contributed by atoms with van der Waals surface area (Å²) in [7, 11) is 2.17. The van der Waals surface area contributed by atoms with Gasteiger partial charge in [-0.3, -0.25) is 9.59 Å². The van der Waals surface area contributed by atoms with Crippen molar-refractivity contribution in [2.24, 2.45) is 0 Å². The molecular weight excluding hydrogens is 544 g/mol. The number of likely N-dealkylation sites (tertiary alicyclic amines) is 1. The lowest BCUT2D eigenvalue weighted by atomic mass is 10.1. The van der Waals surface area contributed by atoms with E-state index in [1.807, 2.05) is 35.0 Å². The van der Waals surface area contributed by atoms with E-state index in [1.165, 1.54) is 5.52 Å². The van der Waals surface area contributed by atoms with E-state index >= 15 is 0 Å². The van der Waals surface area contributed by atoms with Gasteiger partial charge in [0.25, 0.3) is 11.5 Å². The molecule has 2 bridgehead atoms. The van der Waals surface area contributed by atoms with Gasteiger partial charge >= 0.3 is 0 Å². The molecule has 218 valence electrons. The summed E-state index contributed by atoms with van der Waals surface area (Å²) < 4.78 is 11.6. The highest BCUT2D eigenvalue weighted by molar-refractivity contribution is 5.98. The predicted molar refractivity (Wildman–Crippen MR) is 166 cm³/mol. The van der Waals surface area contributed by atoms with Gasteiger partial charge in [-0.25, -0.2) is 14.3 Å². The summed E-state index contributed by atoms with van der Waals surface area (Å²) in [6.07, 6.45) is 10.6. The lowest BCUT2D eigenvalue weighted by Gasteiger charge is -2.30. The Morgan fingerprint density at radius 1 is 1.05 bits per heavy atom. The van der Waals surface area contributed by atoms with Crippen LogP contribution < -0.4 is 20.5 Å². The number of aromatic nitrogens is 5. The summed E-state index contributed by atoms with van der Waals surface area (Å²) in [5.41, 5.74) is 3.81. The largest absolute Gasteiger partial charge is 0.482 e. The molecule has 1 amide bonds. The van der Waals surface area contributed by atoms with Crippen molar-refractivity contribution in [3.8, 4) is 11.4 Å². The normalized spacial score (nSPS) is 18.9. The number of benzene rings is 2. The molecule has 1 N–H and O–H groups in total. The van der Waals surface area contributed by atoms with Gasteiger partial charge in [0.15, 0.2) is 12.3 Å². The molecule has 8 rings (SSSR count). The number of nitrogens with zero attached hydrogens (tertiary/aromatic N) is 7. The minimum Gasteiger partial charge on any atom is -0.482 e. The van der Waals surface area contributed by atoms with E-state index in [0.717, 1.165) is 43.4 Å². The van der Waals surface area contributed by atoms with Crippen LogP contribution in [0.15, 0.2) is 71.8 Å². The van der Waals surface area contributed by atoms with Gasteiger partial charge in [0, 0.05) is 48.1 Å². The number of hydrogen-bond acceptors (Lipinski definition) is 7. The summed E-state index contributed by atoms with van der Waals surface area (Å²) in [4.78, 5) is 39.9. The van der Waals surface area contributed by atoms with Crippen LogP contribution in [0.3, 0.4) is 0 Å². The van der Waals surface area contributed by atoms with E-state index in [9.17, 15) is 9.59 Å². The van der Waals surface area contributed by atoms with Gasteiger partial charge in [0.1, 0.15) is 11.1 Å². The number of nitrogens with one attached hydrogen (secondary N) is 1. The van der Waals surface area contributed by atoms with Crippen molar-refractivity contribution in [1.29, 1.82) is 0 Å². The molecule has 0 spiro atoms. The molecule has 6 heterocycles. The second-order valence-corrected chi connectivity index (χ2v) is 11.6. The van der Waals surface area contributed by atoms with E-state index in [0.29, 0.717) is 53.2 Å². The Kier molecular flexibility index (Phi) is 6.07. The first-order valence-corrected chi connectivity index (χ1v) is 14.8. The average Bonchev–Trinajstić information content (AvgIpc) is 3.70. The molecule has 11 heteroatoms. The lowest BCUT2D eigenvalue weighted by molar-refractivity contribution is -0.121. The molecule has 0 saturated carbocycles. The summed E-state index contributed by atoms with van der Waals surface area (Å²) in [6, 6.07) is 14.6. The first kappa shape index (κ1) is 25.8. The van der Waals surface area contributed by atoms with Crippen molar-refractivity contribution in [2.75, 3.05) is 43.5 Å². The number of allylic oxidation sites excluding steroid dienone is 2. The van der Waals surface area contributed by atoms with Crippen LogP contribution in [0.5, 0.6) is 5.75 Å². The standard InChI is InChI=1S/C32H32N8O3/c1-36-14-11-24(19-36)37-15-10-21-16-22(6-8-26(21)37)34-32-33-18-25-30(35-32)40-23-7-9-28-27(17-23)38(29(41)20-43-28)12-4-2-3-5-13-39(40)31(25)42/h3,5-10,15-18,24H,2,4,11-14,19-20H2,1H3,(H,33,34,35). The van der Waals surface area contributed by atoms with Gasteiger partial charge in [-0.1, -0.05) is 12.2 Å². The number of rotatable bonds is 3. The monoisotopic (exact) mass is 576 g/mol. The van der Waals surface area contributed by atoms with Gasteiger partial charge in [-0.2, -0.15) is 4.98 Å². The highest BCUT2D eigenvalue weighted by Crippen LogP contribution is 2.35. The number of carbonyl (C=O) groups is 1. The van der Waals surface area contributed by atoms with Crippen molar-refractivity contribution in [3.05, 3.63) is 77.4 Å². The van der Waals surface area contributed by atoms with E-state index < -0.39 is 0 Å². The fourth-order valence-corrected chi connectivity index (χ4v) is 6.57. The third-order valence-electron chi connectivity index (χ3n) is 8.74. The number of carbonyl (C=O) groups excluding carboxylic acids is 1. The highest BCUT2D eigenvalue weighted by atomic mass is 16.5. The van der Waals surface area contributed by atoms with E-state index in [4.69, 9.17) is 9.72 Å². The second kappa shape index (κ2) is 10.1. The van der Waals surface area contributed by atoms with Crippen LogP contribution in [0.2, 0.25) is 0 Å². The van der Waals surface area contributed by atoms with Gasteiger partial charge in [-0.15, -0.1) is 0 Å². The number of ether oxygens (including phenoxy) is 1. The number of anilines is 3. The molecule has 0 aliphatic carbocycles. The molecular formula is C32H32N8O3. The SMILES string of the molecule is CN1CCC(n2ccc3cc(Nc4ncc5c(=O)n6n(c5n4)-c4ccc5c(c4)N(CCCC=CC6)C(=O)CO5)ccc32)C1. The van der Waals surface area contributed by atoms with Gasteiger partial charge in [0.2, 0.25) is 5.95 Å². The Morgan fingerprint density at radius 3 is 2.86 bits per heavy atom. The molecule has 43 heavy (non-hydrogen) atoms. The maximum absolute atomic E-state index is 13.6. The van der Waals surface area contributed by atoms with E-state index in [1.54, 1.807) is 15.8 Å². The Bertz CT molecular complexity index is 1990. The second-order valence-electron chi connectivity index (χ2n) is 11.6. The maximum atomic E-state index is 13.6. The molecule has 3 aromatic heterocycles. The van der Waals surface area contributed by atoms with Crippen molar-refractivity contribution in [1.82, 2.24) is 28.8 Å². The molecule has 1 saturated heterocycles. The van der Waals surface area contributed by atoms with Crippen molar-refractivity contribution >= 4 is 45.2 Å². The summed E-state index contributed by atoms with van der Waals surface area (Å²) in [6.45, 7) is 3.18. The molecule has 0 radical (unpaired) electrons. The third kappa shape index (κ3) is 4.38. The molecule has 1 unspecified atom stereocenters. The van der Waals surface area contributed by atoms with Crippen LogP contribution in [0.1, 0.15) is 25.3 Å². The zero-order chi connectivity index (χ0) is 29.1. The molecule has 2 aromatic carbocycles. The predicted octanol–water partition coefficient (Wildman–Crippen LogP) is 4.23. The minimum atomic E-state index is -0.175. The quantitative estimate of drug-likeness (QED) is 0.321. The zero-order valence-corrected chi connectivity index (χ0v) is 23.9. The van der Waals surface area contributed by atoms with Crippen LogP contribution in [-0.4, -0.2) is 68.0 Å². The Balaban J connectivity index is 1.20. The minimum absolute atomic E-state index is 0.0238. The van der Waals surface area contributed by atoms with Crippen LogP contribution >= 0.6 is 0 Å². The van der Waals surface area contributed by atoms with Crippen LogP contribution in [0.4, 0.5) is 17.3 Å². The molecule has 1 fully saturated rings. The Labute approximate surface area is 247 Å². The maximum Gasteiger partial charge on any atom is 0.278 e. The fourth-order valence-electron chi connectivity index (χ4n) is 6.57. The van der Waals surface area contributed by atoms with Crippen LogP contribution in [-0.2, 0) is 11.3 Å². The summed E-state index contributed by atoms with van der Waals surface area (Å²) in [5.74, 6) is 0.976. The van der Waals surface area contributed by atoms with Crippen molar-refractivity contribution in [3.63, 3.8) is 0 Å². The molecule has 11 nitrogen and oxygen atoms in total. The van der Waals surface area contributed by atoms with E-state index in [-0.39, 0.29) is 18.1 Å². The smallest absolute Gasteiger partial charge is 0.278 e. The highest BCUT2D eigenvalue weighted by Gasteiger charge is 2.27. The summed E-state index contributed by atoms with van der Waals surface area (Å²) in [5, 5.41) is 4.92. The number of likely N-dealkylation sites (N-methyl/N-ethyl adjacent to an activating group) is 1. The summed E-state index contributed by atoms with van der Waals surface area (Å²) >= 11 is 0. The van der Waals surface area contributed by atoms with E-state index in [2.05, 4.69) is 57.3 Å². The first-order chi connectivity index (χ1) is 21.0. The molecule has 3 aliphatic heterocycles. The molecule has 1 atom stereocenters. The topological polar surface area (TPSA) is 102 Å². The van der Waals surface area contributed by atoms with Gasteiger partial charge in [-0.05, 0) is 75.3 Å². The van der Waals surface area contributed by atoms with Crippen molar-refractivity contribution < 1.29 is 9.53 Å². The van der Waals surface area contributed by atoms with Gasteiger partial charge < -0.3 is 24.4 Å². The van der Waals surface area contributed by atoms with Crippen molar-refractivity contribution in [2.45, 2.75) is 31.8 Å². The molecule has 5 aromatic rings. The Morgan fingerprint density at radius 2 is 1.98 bits per heavy atom. The number of amides is 1. The Hall–Kier alpha value is -4.90. The fraction of sp³-hybridized carbons (Fsp3) is 0.312. The van der Waals surface area contributed by atoms with Crippen LogP contribution in [0, 0.1) is 0 Å². The number of hydrogen-bond donors (Lipinski definition) is 1. The average molecular weight is 577 g/mol. The zero-order valence-electron chi connectivity index (χ0n) is 23.9. The van der Waals surface area contributed by atoms with Gasteiger partial charge in [0.05, 0.1) is 17.9 Å². The first-order valence-electron chi connectivity index (χ1n) is 14.8. The third-order valence-corrected chi connectivity index (χ3v) is 8.74. The lowest BCUT2D eigenvalue weighted by Crippen LogP contribution is -2.39.